The molecule has 1 fully saturated rings. The first-order valence-corrected chi connectivity index (χ1v) is 6.96. The molecule has 6 heteroatoms. The highest BCUT2D eigenvalue weighted by molar-refractivity contribution is 5.90. The van der Waals surface area contributed by atoms with Crippen molar-refractivity contribution in [2.24, 2.45) is 0 Å². The average Bonchev–Trinajstić information content (AvgIpc) is 2.49. The first-order valence-electron chi connectivity index (χ1n) is 6.96. The average molecular weight is 294 g/mol. The van der Waals surface area contributed by atoms with E-state index in [0.29, 0.717) is 11.5 Å². The van der Waals surface area contributed by atoms with Crippen molar-refractivity contribution in [3.63, 3.8) is 0 Å². The lowest BCUT2D eigenvalue weighted by Gasteiger charge is -2.27. The first-order chi connectivity index (χ1) is 10.1. The van der Waals surface area contributed by atoms with E-state index in [4.69, 9.17) is 14.2 Å². The molecule has 6 nitrogen and oxygen atoms in total. The molecule has 0 atom stereocenters. The van der Waals surface area contributed by atoms with Crippen LogP contribution in [0.3, 0.4) is 0 Å². The topological polar surface area (TPSA) is 60.0 Å². The van der Waals surface area contributed by atoms with Gasteiger partial charge in [-0.05, 0) is 11.6 Å². The van der Waals surface area contributed by atoms with E-state index in [0.717, 1.165) is 44.1 Å². The van der Waals surface area contributed by atoms with Crippen LogP contribution in [-0.2, 0) is 16.1 Å². The Labute approximate surface area is 125 Å². The van der Waals surface area contributed by atoms with Gasteiger partial charge in [0.15, 0.2) is 11.5 Å². The van der Waals surface area contributed by atoms with Crippen LogP contribution in [0.5, 0.6) is 11.5 Å². The van der Waals surface area contributed by atoms with Gasteiger partial charge in [0.25, 0.3) is 0 Å². The minimum Gasteiger partial charge on any atom is -0.493 e. The van der Waals surface area contributed by atoms with Gasteiger partial charge in [0.05, 0.1) is 27.4 Å². The van der Waals surface area contributed by atoms with Gasteiger partial charge in [0.1, 0.15) is 0 Å². The zero-order valence-electron chi connectivity index (χ0n) is 12.8. The summed E-state index contributed by atoms with van der Waals surface area (Å²) in [5, 5.41) is 2.86. The van der Waals surface area contributed by atoms with Gasteiger partial charge in [-0.15, -0.1) is 0 Å². The van der Waals surface area contributed by atoms with Crippen molar-refractivity contribution in [1.82, 2.24) is 4.90 Å². The number of carbonyl (C=O) groups excluding carboxylic acids is 1. The van der Waals surface area contributed by atoms with Gasteiger partial charge in [-0.2, -0.15) is 0 Å². The summed E-state index contributed by atoms with van der Waals surface area (Å²) in [6.45, 7) is 5.47. The van der Waals surface area contributed by atoms with Crippen LogP contribution in [-0.4, -0.2) is 51.3 Å². The number of anilines is 1. The second-order valence-electron chi connectivity index (χ2n) is 4.93. The second kappa shape index (κ2) is 7.28. The summed E-state index contributed by atoms with van der Waals surface area (Å²) in [6.07, 6.45) is 0. The molecule has 116 valence electrons. The predicted molar refractivity (Wildman–Crippen MR) is 79.9 cm³/mol. The Balaban J connectivity index is 2.28. The van der Waals surface area contributed by atoms with Gasteiger partial charge in [-0.1, -0.05) is 0 Å². The number of amides is 1. The normalized spacial score (nSPS) is 15.6. The lowest BCUT2D eigenvalue weighted by Crippen LogP contribution is -2.35. The molecule has 0 unspecified atom stereocenters. The van der Waals surface area contributed by atoms with Gasteiger partial charge < -0.3 is 19.5 Å². The van der Waals surface area contributed by atoms with Crippen molar-refractivity contribution in [2.75, 3.05) is 45.8 Å². The Morgan fingerprint density at radius 2 is 1.86 bits per heavy atom. The number of nitrogens with zero attached hydrogens (tertiary/aromatic N) is 1. The van der Waals surface area contributed by atoms with E-state index in [1.807, 2.05) is 6.07 Å². The highest BCUT2D eigenvalue weighted by atomic mass is 16.5. The van der Waals surface area contributed by atoms with Crippen LogP contribution in [0.15, 0.2) is 12.1 Å². The molecule has 1 N–H and O–H groups in total. The standard InChI is InChI=1S/C15H22N2O4/c1-11(18)16-13-9-15(20-3)14(19-2)8-12(13)10-17-4-6-21-7-5-17/h8-9H,4-7,10H2,1-3H3,(H,16,18). The Morgan fingerprint density at radius 3 is 2.43 bits per heavy atom. The molecule has 1 amide bonds. The fourth-order valence-electron chi connectivity index (χ4n) is 2.36. The SMILES string of the molecule is COc1cc(CN2CCOCC2)c(NC(C)=O)cc1OC. The van der Waals surface area contributed by atoms with E-state index in [2.05, 4.69) is 10.2 Å². The minimum atomic E-state index is -0.106. The predicted octanol–water partition coefficient (Wildman–Crippen LogP) is 1.49. The Hall–Kier alpha value is -1.79. The number of ether oxygens (including phenoxy) is 3. The van der Waals surface area contributed by atoms with Crippen LogP contribution in [0.4, 0.5) is 5.69 Å². The number of benzene rings is 1. The quantitative estimate of drug-likeness (QED) is 0.891. The molecule has 1 aromatic rings. The van der Waals surface area contributed by atoms with Gasteiger partial charge in [0, 0.05) is 38.3 Å². The third-order valence-corrected chi connectivity index (χ3v) is 3.42. The third-order valence-electron chi connectivity index (χ3n) is 3.42. The maximum absolute atomic E-state index is 11.4. The zero-order valence-corrected chi connectivity index (χ0v) is 12.8. The largest absolute Gasteiger partial charge is 0.493 e. The van der Waals surface area contributed by atoms with E-state index in [1.54, 1.807) is 20.3 Å². The van der Waals surface area contributed by atoms with Crippen LogP contribution in [0, 0.1) is 0 Å². The van der Waals surface area contributed by atoms with E-state index >= 15 is 0 Å². The maximum Gasteiger partial charge on any atom is 0.221 e. The van der Waals surface area contributed by atoms with Gasteiger partial charge >= 0.3 is 0 Å². The highest BCUT2D eigenvalue weighted by Crippen LogP contribution is 2.34. The van der Waals surface area contributed by atoms with Crippen LogP contribution in [0.25, 0.3) is 0 Å². The van der Waals surface area contributed by atoms with E-state index < -0.39 is 0 Å². The summed E-state index contributed by atoms with van der Waals surface area (Å²) < 4.78 is 16.0. The summed E-state index contributed by atoms with van der Waals surface area (Å²) in [4.78, 5) is 13.7. The van der Waals surface area contributed by atoms with Crippen LogP contribution in [0.2, 0.25) is 0 Å². The number of methoxy groups -OCH3 is 2. The van der Waals surface area contributed by atoms with Crippen molar-refractivity contribution in [3.8, 4) is 11.5 Å². The molecule has 21 heavy (non-hydrogen) atoms. The molecule has 0 radical (unpaired) electrons. The van der Waals surface area contributed by atoms with E-state index in [9.17, 15) is 4.79 Å². The lowest BCUT2D eigenvalue weighted by molar-refractivity contribution is -0.114. The molecule has 1 heterocycles. The summed E-state index contributed by atoms with van der Waals surface area (Å²) in [5.41, 5.74) is 1.76. The number of carbonyl (C=O) groups is 1. The molecule has 0 aliphatic carbocycles. The summed E-state index contributed by atoms with van der Waals surface area (Å²) in [6, 6.07) is 3.72. The molecule has 2 rings (SSSR count). The maximum atomic E-state index is 11.4. The molecule has 1 saturated heterocycles. The van der Waals surface area contributed by atoms with Crippen molar-refractivity contribution >= 4 is 11.6 Å². The third kappa shape index (κ3) is 4.09. The van der Waals surface area contributed by atoms with Gasteiger partial charge in [-0.3, -0.25) is 9.69 Å². The Kier molecular flexibility index (Phi) is 5.41. The first kappa shape index (κ1) is 15.6. The van der Waals surface area contributed by atoms with Crippen molar-refractivity contribution < 1.29 is 19.0 Å². The number of morpholine rings is 1. The van der Waals surface area contributed by atoms with Crippen LogP contribution >= 0.6 is 0 Å². The van der Waals surface area contributed by atoms with Gasteiger partial charge in [-0.25, -0.2) is 0 Å². The molecular weight excluding hydrogens is 272 g/mol. The van der Waals surface area contributed by atoms with Crippen molar-refractivity contribution in [2.45, 2.75) is 13.5 Å². The van der Waals surface area contributed by atoms with E-state index in [1.165, 1.54) is 6.92 Å². The van der Waals surface area contributed by atoms with Gasteiger partial charge in [0.2, 0.25) is 5.91 Å². The van der Waals surface area contributed by atoms with Crippen LogP contribution in [0.1, 0.15) is 12.5 Å². The zero-order chi connectivity index (χ0) is 15.2. The lowest BCUT2D eigenvalue weighted by atomic mass is 10.1. The summed E-state index contributed by atoms with van der Waals surface area (Å²) in [7, 11) is 3.19. The number of hydrogen-bond acceptors (Lipinski definition) is 5. The fraction of sp³-hybridized carbons (Fsp3) is 0.533. The Morgan fingerprint density at radius 1 is 1.24 bits per heavy atom. The monoisotopic (exact) mass is 294 g/mol. The number of nitrogens with one attached hydrogen (secondary N) is 1. The van der Waals surface area contributed by atoms with Crippen molar-refractivity contribution in [3.05, 3.63) is 17.7 Å². The fourth-order valence-corrected chi connectivity index (χ4v) is 2.36. The summed E-state index contributed by atoms with van der Waals surface area (Å²) in [5.74, 6) is 1.16. The molecule has 0 aromatic heterocycles. The molecule has 1 aromatic carbocycles. The summed E-state index contributed by atoms with van der Waals surface area (Å²) >= 11 is 0. The smallest absolute Gasteiger partial charge is 0.221 e. The molecule has 1 aliphatic rings. The Bertz CT molecular complexity index is 499. The van der Waals surface area contributed by atoms with E-state index in [-0.39, 0.29) is 5.91 Å². The highest BCUT2D eigenvalue weighted by Gasteiger charge is 2.16. The number of rotatable bonds is 5. The molecule has 1 aliphatic heterocycles. The molecule has 0 bridgehead atoms. The molecule has 0 saturated carbocycles. The minimum absolute atomic E-state index is 0.106. The van der Waals surface area contributed by atoms with Crippen molar-refractivity contribution in [1.29, 1.82) is 0 Å². The van der Waals surface area contributed by atoms with Crippen LogP contribution < -0.4 is 14.8 Å². The molecular formula is C15H22N2O4. The molecule has 0 spiro atoms. The second-order valence-corrected chi connectivity index (χ2v) is 4.93. The number of hydrogen-bond donors (Lipinski definition) is 1.